The molecular formula is C21H18ClN5O3. The summed E-state index contributed by atoms with van der Waals surface area (Å²) in [7, 11) is 0. The van der Waals surface area contributed by atoms with Gasteiger partial charge in [-0.05, 0) is 47.7 Å². The SMILES string of the molecule is O=C(CCC1N=NC(=O)NC1=O)Nc1ccc2ccn(Cc3ccc(Cl)cc3)c2c1. The maximum Gasteiger partial charge on any atom is 0.365 e. The molecule has 1 aliphatic rings. The number of halogens is 1. The first-order valence-electron chi connectivity index (χ1n) is 9.37. The fourth-order valence-corrected chi connectivity index (χ4v) is 3.38. The van der Waals surface area contributed by atoms with Gasteiger partial charge in [-0.2, -0.15) is 5.11 Å². The standard InChI is InChI=1S/C21H18ClN5O3/c22-15-4-1-13(2-5-15)12-27-10-9-14-3-6-16(11-18(14)27)23-19(28)8-7-17-20(29)24-21(30)26-25-17/h1-6,9-11,17H,7-8,12H2,(H,23,28)(H,24,29,30). The molecule has 0 spiro atoms. The molecule has 4 amide bonds. The molecule has 152 valence electrons. The van der Waals surface area contributed by atoms with Gasteiger partial charge in [0.2, 0.25) is 5.91 Å². The number of anilines is 1. The highest BCUT2D eigenvalue weighted by Gasteiger charge is 2.25. The molecule has 0 aliphatic carbocycles. The summed E-state index contributed by atoms with van der Waals surface area (Å²) in [4.78, 5) is 34.9. The number of carbonyl (C=O) groups excluding carboxylic acids is 3. The molecule has 3 aromatic rings. The summed E-state index contributed by atoms with van der Waals surface area (Å²) in [5.41, 5.74) is 2.76. The Balaban J connectivity index is 1.42. The normalized spacial score (nSPS) is 16.0. The molecule has 0 radical (unpaired) electrons. The molecule has 0 bridgehead atoms. The number of hydrogen-bond acceptors (Lipinski definition) is 4. The van der Waals surface area contributed by atoms with E-state index in [0.29, 0.717) is 17.3 Å². The first-order valence-corrected chi connectivity index (χ1v) is 9.74. The van der Waals surface area contributed by atoms with Crippen molar-refractivity contribution in [2.75, 3.05) is 5.32 Å². The van der Waals surface area contributed by atoms with Crippen molar-refractivity contribution in [1.29, 1.82) is 0 Å². The third-order valence-corrected chi connectivity index (χ3v) is 5.04. The maximum atomic E-state index is 12.3. The first-order chi connectivity index (χ1) is 14.5. The Labute approximate surface area is 176 Å². The van der Waals surface area contributed by atoms with E-state index in [1.165, 1.54) is 0 Å². The van der Waals surface area contributed by atoms with Crippen LogP contribution in [0.3, 0.4) is 0 Å². The number of rotatable bonds is 6. The molecule has 2 aromatic carbocycles. The first kappa shape index (κ1) is 19.8. The van der Waals surface area contributed by atoms with E-state index in [4.69, 9.17) is 11.6 Å². The van der Waals surface area contributed by atoms with E-state index < -0.39 is 18.0 Å². The molecule has 2 heterocycles. The number of hydrogen-bond donors (Lipinski definition) is 2. The molecule has 9 heteroatoms. The van der Waals surface area contributed by atoms with Crippen LogP contribution in [0.5, 0.6) is 0 Å². The third-order valence-electron chi connectivity index (χ3n) is 4.79. The van der Waals surface area contributed by atoms with Gasteiger partial charge in [0.25, 0.3) is 5.91 Å². The van der Waals surface area contributed by atoms with Crippen LogP contribution in [0, 0.1) is 0 Å². The van der Waals surface area contributed by atoms with E-state index in [1.807, 2.05) is 54.7 Å². The van der Waals surface area contributed by atoms with Gasteiger partial charge in [0, 0.05) is 29.9 Å². The average molecular weight is 424 g/mol. The number of aromatic nitrogens is 1. The highest BCUT2D eigenvalue weighted by molar-refractivity contribution is 6.30. The van der Waals surface area contributed by atoms with Crippen molar-refractivity contribution in [3.8, 4) is 0 Å². The smallest absolute Gasteiger partial charge is 0.343 e. The number of benzene rings is 2. The molecule has 8 nitrogen and oxygen atoms in total. The van der Waals surface area contributed by atoms with Gasteiger partial charge in [-0.25, -0.2) is 4.79 Å². The number of carbonyl (C=O) groups is 3. The lowest BCUT2D eigenvalue weighted by Crippen LogP contribution is -2.39. The highest BCUT2D eigenvalue weighted by atomic mass is 35.5. The predicted molar refractivity (Wildman–Crippen MR) is 113 cm³/mol. The highest BCUT2D eigenvalue weighted by Crippen LogP contribution is 2.22. The molecule has 0 saturated heterocycles. The van der Waals surface area contributed by atoms with Crippen LogP contribution in [-0.4, -0.2) is 28.5 Å². The number of amides is 4. The lowest BCUT2D eigenvalue weighted by molar-refractivity contribution is -0.122. The van der Waals surface area contributed by atoms with E-state index >= 15 is 0 Å². The molecular weight excluding hydrogens is 406 g/mol. The van der Waals surface area contributed by atoms with Crippen LogP contribution >= 0.6 is 11.6 Å². The second-order valence-electron chi connectivity index (χ2n) is 6.96. The Bertz CT molecular complexity index is 1150. The second-order valence-corrected chi connectivity index (χ2v) is 7.39. The largest absolute Gasteiger partial charge is 0.365 e. The molecule has 1 unspecified atom stereocenters. The molecule has 1 aliphatic heterocycles. The summed E-state index contributed by atoms with van der Waals surface area (Å²) in [6.07, 6.45) is 2.25. The summed E-state index contributed by atoms with van der Waals surface area (Å²) in [6, 6.07) is 13.8. The summed E-state index contributed by atoms with van der Waals surface area (Å²) in [6.45, 7) is 0.679. The number of nitrogens with one attached hydrogen (secondary N) is 2. The lowest BCUT2D eigenvalue weighted by Gasteiger charge is -2.13. The Kier molecular flexibility index (Phi) is 5.58. The van der Waals surface area contributed by atoms with E-state index in [1.54, 1.807) is 0 Å². The quantitative estimate of drug-likeness (QED) is 0.622. The number of nitrogens with zero attached hydrogens (tertiary/aromatic N) is 3. The Morgan fingerprint density at radius 3 is 2.70 bits per heavy atom. The van der Waals surface area contributed by atoms with Crippen LogP contribution in [-0.2, 0) is 16.1 Å². The van der Waals surface area contributed by atoms with E-state index in [-0.39, 0.29) is 18.7 Å². The fourth-order valence-electron chi connectivity index (χ4n) is 3.25. The van der Waals surface area contributed by atoms with Crippen LogP contribution in [0.4, 0.5) is 10.5 Å². The zero-order valence-corrected chi connectivity index (χ0v) is 16.6. The number of urea groups is 1. The van der Waals surface area contributed by atoms with Gasteiger partial charge in [-0.1, -0.05) is 34.9 Å². The van der Waals surface area contributed by atoms with Crippen LogP contribution in [0.15, 0.2) is 65.0 Å². The molecule has 1 atom stereocenters. The van der Waals surface area contributed by atoms with Crippen LogP contribution < -0.4 is 10.6 Å². The van der Waals surface area contributed by atoms with Crippen molar-refractivity contribution in [1.82, 2.24) is 9.88 Å². The van der Waals surface area contributed by atoms with Gasteiger partial charge in [-0.15, -0.1) is 0 Å². The Morgan fingerprint density at radius 1 is 1.13 bits per heavy atom. The van der Waals surface area contributed by atoms with Crippen molar-refractivity contribution in [2.45, 2.75) is 25.4 Å². The maximum absolute atomic E-state index is 12.3. The summed E-state index contributed by atoms with van der Waals surface area (Å²) < 4.78 is 2.10. The number of imide groups is 1. The van der Waals surface area contributed by atoms with Crippen molar-refractivity contribution in [3.05, 3.63) is 65.3 Å². The van der Waals surface area contributed by atoms with Crippen molar-refractivity contribution in [2.24, 2.45) is 10.2 Å². The Morgan fingerprint density at radius 2 is 1.93 bits per heavy atom. The minimum Gasteiger partial charge on any atom is -0.343 e. The average Bonchev–Trinajstić information content (AvgIpc) is 3.11. The van der Waals surface area contributed by atoms with E-state index in [9.17, 15) is 14.4 Å². The van der Waals surface area contributed by atoms with Gasteiger partial charge >= 0.3 is 6.03 Å². The Hall–Kier alpha value is -3.52. The fraction of sp³-hybridized carbons (Fsp3) is 0.190. The van der Waals surface area contributed by atoms with Crippen molar-refractivity contribution in [3.63, 3.8) is 0 Å². The van der Waals surface area contributed by atoms with Crippen LogP contribution in [0.2, 0.25) is 5.02 Å². The molecule has 30 heavy (non-hydrogen) atoms. The summed E-state index contributed by atoms with van der Waals surface area (Å²) in [5, 5.41) is 13.6. The molecule has 2 N–H and O–H groups in total. The van der Waals surface area contributed by atoms with Gasteiger partial charge < -0.3 is 9.88 Å². The predicted octanol–water partition coefficient (Wildman–Crippen LogP) is 4.13. The van der Waals surface area contributed by atoms with Crippen molar-refractivity contribution >= 4 is 46.0 Å². The third kappa shape index (κ3) is 4.55. The number of azo groups is 1. The molecule has 4 rings (SSSR count). The van der Waals surface area contributed by atoms with Gasteiger partial charge in [0.15, 0.2) is 6.04 Å². The summed E-state index contributed by atoms with van der Waals surface area (Å²) in [5.74, 6) is -0.783. The molecule has 1 aromatic heterocycles. The van der Waals surface area contributed by atoms with Gasteiger partial charge in [0.1, 0.15) is 0 Å². The summed E-state index contributed by atoms with van der Waals surface area (Å²) >= 11 is 5.95. The minimum absolute atomic E-state index is 0.0785. The second kappa shape index (κ2) is 8.46. The van der Waals surface area contributed by atoms with Crippen molar-refractivity contribution < 1.29 is 14.4 Å². The van der Waals surface area contributed by atoms with Crippen LogP contribution in [0.25, 0.3) is 10.9 Å². The van der Waals surface area contributed by atoms with Gasteiger partial charge in [0.05, 0.1) is 5.52 Å². The zero-order valence-electron chi connectivity index (χ0n) is 15.8. The van der Waals surface area contributed by atoms with E-state index in [0.717, 1.165) is 16.5 Å². The minimum atomic E-state index is -0.826. The topological polar surface area (TPSA) is 105 Å². The molecule has 0 fully saturated rings. The molecule has 0 saturated carbocycles. The van der Waals surface area contributed by atoms with E-state index in [2.05, 4.69) is 25.4 Å². The van der Waals surface area contributed by atoms with Crippen LogP contribution in [0.1, 0.15) is 18.4 Å². The van der Waals surface area contributed by atoms with Gasteiger partial charge in [-0.3, -0.25) is 14.9 Å². The monoisotopic (exact) mass is 423 g/mol. The zero-order chi connectivity index (χ0) is 21.1. The lowest BCUT2D eigenvalue weighted by atomic mass is 10.1. The number of fused-ring (bicyclic) bond motifs is 1.